The van der Waals surface area contributed by atoms with E-state index >= 15 is 0 Å². The minimum Gasteiger partial charge on any atom is -0.331 e. The van der Waals surface area contributed by atoms with Gasteiger partial charge in [0.1, 0.15) is 0 Å². The van der Waals surface area contributed by atoms with Crippen LogP contribution in [0.15, 0.2) is 59.8 Å². The summed E-state index contributed by atoms with van der Waals surface area (Å²) >= 11 is 6.51. The fourth-order valence-corrected chi connectivity index (χ4v) is 3.19. The van der Waals surface area contributed by atoms with Crippen molar-refractivity contribution in [2.45, 2.75) is 5.16 Å². The van der Waals surface area contributed by atoms with Crippen molar-refractivity contribution in [3.63, 3.8) is 0 Å². The van der Waals surface area contributed by atoms with Gasteiger partial charge in [-0.15, -0.1) is 0 Å². The average Bonchev–Trinajstić information content (AvgIpc) is 2.95. The van der Waals surface area contributed by atoms with Crippen LogP contribution in [0.2, 0.25) is 0 Å². The molecule has 1 aromatic heterocycles. The smallest absolute Gasteiger partial charge is 0.248 e. The quantitative estimate of drug-likeness (QED) is 0.372. The lowest BCUT2D eigenvalue weighted by Crippen LogP contribution is -2.44. The van der Waals surface area contributed by atoms with Crippen molar-refractivity contribution >= 4 is 51.7 Å². The number of rotatable bonds is 4. The molecule has 3 rings (SSSR count). The van der Waals surface area contributed by atoms with Crippen LogP contribution in [0.1, 0.15) is 0 Å². The molecule has 0 spiro atoms. The lowest BCUT2D eigenvalue weighted by atomic mass is 10.3. The van der Waals surface area contributed by atoms with E-state index in [1.165, 1.54) is 11.8 Å². The number of para-hydroxylation sites is 3. The van der Waals surface area contributed by atoms with Crippen molar-refractivity contribution in [2.24, 2.45) is 7.05 Å². The number of nitrogens with zero attached hydrogens (tertiary/aromatic N) is 2. The summed E-state index contributed by atoms with van der Waals surface area (Å²) in [6.07, 6.45) is 0. The van der Waals surface area contributed by atoms with Crippen LogP contribution in [0.5, 0.6) is 0 Å². The summed E-state index contributed by atoms with van der Waals surface area (Å²) in [7, 11) is 1.94. The van der Waals surface area contributed by atoms with Gasteiger partial charge in [0.25, 0.3) is 0 Å². The Hall–Kier alpha value is -2.58. The van der Waals surface area contributed by atoms with E-state index in [1.807, 2.05) is 66.2 Å². The number of hydrogen-bond donors (Lipinski definition) is 3. The summed E-state index contributed by atoms with van der Waals surface area (Å²) in [5.74, 6) is 0.0484. The molecule has 0 fully saturated rings. The molecule has 0 bridgehead atoms. The highest BCUT2D eigenvalue weighted by atomic mass is 32.2. The van der Waals surface area contributed by atoms with E-state index in [2.05, 4.69) is 21.2 Å². The number of benzene rings is 2. The molecular formula is C17H17N5OS2. The number of amides is 1. The molecule has 1 amide bonds. The summed E-state index contributed by atoms with van der Waals surface area (Å²) < 4.78 is 1.97. The Morgan fingerprint density at radius 1 is 1.12 bits per heavy atom. The molecule has 0 saturated carbocycles. The lowest BCUT2D eigenvalue weighted by Gasteiger charge is -2.11. The summed E-state index contributed by atoms with van der Waals surface area (Å²) in [4.78, 5) is 16.5. The molecule has 0 radical (unpaired) electrons. The monoisotopic (exact) mass is 371 g/mol. The standard InChI is InChI=1S/C17H17N5OS2/c1-22-14-10-6-5-9-13(14)19-17(22)25-11-15(23)20-21-16(24)18-12-7-3-2-4-8-12/h2-10H,11H2,1H3,(H,20,23)(H2,18,21,24). The molecular weight excluding hydrogens is 354 g/mol. The molecule has 1 heterocycles. The maximum absolute atomic E-state index is 12.0. The van der Waals surface area contributed by atoms with Crippen molar-refractivity contribution in [1.29, 1.82) is 0 Å². The van der Waals surface area contributed by atoms with Crippen molar-refractivity contribution in [2.75, 3.05) is 11.1 Å². The summed E-state index contributed by atoms with van der Waals surface area (Å²) in [5, 5.41) is 4.10. The zero-order valence-corrected chi connectivity index (χ0v) is 15.2. The molecule has 3 aromatic rings. The predicted octanol–water partition coefficient (Wildman–Crippen LogP) is 2.68. The Kier molecular flexibility index (Phi) is 5.52. The first-order chi connectivity index (χ1) is 12.1. The number of thioether (sulfide) groups is 1. The molecule has 0 aliphatic rings. The van der Waals surface area contributed by atoms with Gasteiger partial charge >= 0.3 is 0 Å². The van der Waals surface area contributed by atoms with Crippen LogP contribution >= 0.6 is 24.0 Å². The molecule has 0 unspecified atom stereocenters. The highest BCUT2D eigenvalue weighted by Crippen LogP contribution is 2.22. The Bertz CT molecular complexity index is 894. The number of carbonyl (C=O) groups is 1. The van der Waals surface area contributed by atoms with Gasteiger partial charge in [-0.1, -0.05) is 42.1 Å². The Balaban J connectivity index is 1.47. The van der Waals surface area contributed by atoms with E-state index in [4.69, 9.17) is 12.2 Å². The summed E-state index contributed by atoms with van der Waals surface area (Å²) in [6, 6.07) is 17.4. The molecule has 8 heteroatoms. The minimum absolute atomic E-state index is 0.186. The number of nitrogens with one attached hydrogen (secondary N) is 3. The molecule has 0 atom stereocenters. The van der Waals surface area contributed by atoms with Crippen LogP contribution in [0.4, 0.5) is 5.69 Å². The number of hydrazine groups is 1. The van der Waals surface area contributed by atoms with Crippen molar-refractivity contribution in [3.8, 4) is 0 Å². The molecule has 0 saturated heterocycles. The number of aromatic nitrogens is 2. The number of hydrogen-bond acceptors (Lipinski definition) is 4. The third kappa shape index (κ3) is 4.49. The van der Waals surface area contributed by atoms with Gasteiger partial charge in [-0.3, -0.25) is 15.6 Å². The van der Waals surface area contributed by atoms with E-state index in [-0.39, 0.29) is 11.7 Å². The number of anilines is 1. The van der Waals surface area contributed by atoms with E-state index < -0.39 is 0 Å². The first-order valence-corrected chi connectivity index (χ1v) is 8.98. The van der Waals surface area contributed by atoms with Crippen LogP contribution in [-0.4, -0.2) is 26.3 Å². The second kappa shape index (κ2) is 8.00. The molecule has 25 heavy (non-hydrogen) atoms. The lowest BCUT2D eigenvalue weighted by molar-refractivity contribution is -0.119. The van der Waals surface area contributed by atoms with E-state index in [1.54, 1.807) is 0 Å². The van der Waals surface area contributed by atoms with Crippen LogP contribution < -0.4 is 16.2 Å². The second-order valence-electron chi connectivity index (χ2n) is 5.22. The molecule has 3 N–H and O–H groups in total. The molecule has 6 nitrogen and oxygen atoms in total. The zero-order chi connectivity index (χ0) is 17.6. The van der Waals surface area contributed by atoms with Crippen LogP contribution in [0.3, 0.4) is 0 Å². The third-order valence-corrected chi connectivity index (χ3v) is 4.66. The molecule has 0 aliphatic heterocycles. The van der Waals surface area contributed by atoms with Gasteiger partial charge in [0.05, 0.1) is 16.8 Å². The van der Waals surface area contributed by atoms with E-state index in [0.717, 1.165) is 21.9 Å². The largest absolute Gasteiger partial charge is 0.331 e. The fourth-order valence-electron chi connectivity index (χ4n) is 2.23. The van der Waals surface area contributed by atoms with Gasteiger partial charge in [0.15, 0.2) is 10.3 Å². The maximum Gasteiger partial charge on any atom is 0.248 e. The first kappa shape index (κ1) is 17.2. The number of fused-ring (bicyclic) bond motifs is 1. The molecule has 0 aliphatic carbocycles. The highest BCUT2D eigenvalue weighted by molar-refractivity contribution is 7.99. The minimum atomic E-state index is -0.186. The second-order valence-corrected chi connectivity index (χ2v) is 6.57. The van der Waals surface area contributed by atoms with Gasteiger partial charge in [-0.25, -0.2) is 4.98 Å². The average molecular weight is 371 g/mol. The van der Waals surface area contributed by atoms with Gasteiger partial charge in [-0.05, 0) is 36.5 Å². The number of thiocarbonyl (C=S) groups is 1. The van der Waals surface area contributed by atoms with Gasteiger partial charge in [0.2, 0.25) is 5.91 Å². The topological polar surface area (TPSA) is 71.0 Å². The maximum atomic E-state index is 12.0. The van der Waals surface area contributed by atoms with Crippen LogP contribution in [-0.2, 0) is 11.8 Å². The van der Waals surface area contributed by atoms with E-state index in [9.17, 15) is 4.79 Å². The van der Waals surface area contributed by atoms with Crippen molar-refractivity contribution in [1.82, 2.24) is 20.4 Å². The van der Waals surface area contributed by atoms with Crippen molar-refractivity contribution in [3.05, 3.63) is 54.6 Å². The Labute approximate surface area is 155 Å². The van der Waals surface area contributed by atoms with Gasteiger partial charge in [0, 0.05) is 12.7 Å². The summed E-state index contributed by atoms with van der Waals surface area (Å²) in [6.45, 7) is 0. The third-order valence-electron chi connectivity index (χ3n) is 3.43. The highest BCUT2D eigenvalue weighted by Gasteiger charge is 2.10. The van der Waals surface area contributed by atoms with Crippen LogP contribution in [0.25, 0.3) is 11.0 Å². The number of carbonyl (C=O) groups excluding carboxylic acids is 1. The van der Waals surface area contributed by atoms with E-state index in [0.29, 0.717) is 5.11 Å². The number of aryl methyl sites for hydroxylation is 1. The zero-order valence-electron chi connectivity index (χ0n) is 13.5. The van der Waals surface area contributed by atoms with Gasteiger partial charge in [-0.2, -0.15) is 0 Å². The predicted molar refractivity (Wildman–Crippen MR) is 105 cm³/mol. The SMILES string of the molecule is Cn1c(SCC(=O)NNC(=S)Nc2ccccc2)nc2ccccc21. The molecule has 2 aromatic carbocycles. The number of imidazole rings is 1. The van der Waals surface area contributed by atoms with Gasteiger partial charge < -0.3 is 9.88 Å². The molecule has 128 valence electrons. The Morgan fingerprint density at radius 2 is 1.84 bits per heavy atom. The normalized spacial score (nSPS) is 10.4. The Morgan fingerprint density at radius 3 is 2.60 bits per heavy atom. The van der Waals surface area contributed by atoms with Crippen molar-refractivity contribution < 1.29 is 4.79 Å². The van der Waals surface area contributed by atoms with Crippen LogP contribution in [0, 0.1) is 0 Å². The first-order valence-electron chi connectivity index (χ1n) is 7.58. The summed E-state index contributed by atoms with van der Waals surface area (Å²) in [5.41, 5.74) is 8.07. The fraction of sp³-hybridized carbons (Fsp3) is 0.118.